The molecule has 108 valence electrons. The van der Waals surface area contributed by atoms with Gasteiger partial charge in [-0.15, -0.1) is 11.3 Å². The molecule has 0 aliphatic heterocycles. The highest BCUT2D eigenvalue weighted by molar-refractivity contribution is 7.12. The summed E-state index contributed by atoms with van der Waals surface area (Å²) >= 11 is 1.77. The molecule has 0 saturated heterocycles. The van der Waals surface area contributed by atoms with E-state index in [1.165, 1.54) is 27.5 Å². The van der Waals surface area contributed by atoms with E-state index in [0.717, 1.165) is 12.1 Å². The minimum Gasteiger partial charge on any atom is -0.310 e. The van der Waals surface area contributed by atoms with E-state index in [1.807, 2.05) is 6.92 Å². The van der Waals surface area contributed by atoms with E-state index in [9.17, 15) is 8.78 Å². The molecule has 0 bridgehead atoms. The molecule has 1 aromatic carbocycles. The van der Waals surface area contributed by atoms with E-state index >= 15 is 0 Å². The molecular formula is C16H19F2NS. The number of benzene rings is 1. The third-order valence-electron chi connectivity index (χ3n) is 3.33. The van der Waals surface area contributed by atoms with Gasteiger partial charge in [0.1, 0.15) is 0 Å². The second-order valence-corrected chi connectivity index (χ2v) is 6.39. The van der Waals surface area contributed by atoms with Crippen LogP contribution in [0.1, 0.15) is 33.8 Å². The second-order valence-electron chi connectivity index (χ2n) is 4.93. The lowest BCUT2D eigenvalue weighted by molar-refractivity contribution is 0.502. The molecule has 1 heterocycles. The van der Waals surface area contributed by atoms with Crippen LogP contribution < -0.4 is 5.32 Å². The van der Waals surface area contributed by atoms with Crippen molar-refractivity contribution in [1.82, 2.24) is 5.32 Å². The zero-order chi connectivity index (χ0) is 14.7. The zero-order valence-electron chi connectivity index (χ0n) is 12.0. The Labute approximate surface area is 122 Å². The highest BCUT2D eigenvalue weighted by Gasteiger charge is 2.16. The fraction of sp³-hybridized carbons (Fsp3) is 0.375. The van der Waals surface area contributed by atoms with Gasteiger partial charge in [-0.1, -0.05) is 13.0 Å². The molecule has 1 unspecified atom stereocenters. The van der Waals surface area contributed by atoms with Crippen molar-refractivity contribution >= 4 is 11.3 Å². The van der Waals surface area contributed by atoms with Gasteiger partial charge in [0.25, 0.3) is 0 Å². The van der Waals surface area contributed by atoms with Gasteiger partial charge in [-0.2, -0.15) is 0 Å². The molecule has 0 saturated carbocycles. The van der Waals surface area contributed by atoms with Crippen molar-refractivity contribution in [2.45, 2.75) is 33.2 Å². The molecule has 4 heteroatoms. The van der Waals surface area contributed by atoms with Gasteiger partial charge in [-0.25, -0.2) is 8.78 Å². The van der Waals surface area contributed by atoms with Crippen LogP contribution in [0.5, 0.6) is 0 Å². The quantitative estimate of drug-likeness (QED) is 0.854. The number of aryl methyl sites for hydroxylation is 2. The SMILES string of the molecule is CCNC(Cc1ccc(F)c(F)c1)c1cc(C)sc1C. The lowest BCUT2D eigenvalue weighted by atomic mass is 9.99. The molecule has 0 aliphatic carbocycles. The minimum absolute atomic E-state index is 0.134. The first kappa shape index (κ1) is 15.1. The van der Waals surface area contributed by atoms with Crippen LogP contribution in [-0.4, -0.2) is 6.54 Å². The number of nitrogens with one attached hydrogen (secondary N) is 1. The minimum atomic E-state index is -0.795. The molecule has 1 nitrogen and oxygen atoms in total. The summed E-state index contributed by atoms with van der Waals surface area (Å²) in [7, 11) is 0. The Hall–Kier alpha value is -1.26. The number of hydrogen-bond acceptors (Lipinski definition) is 2. The van der Waals surface area contributed by atoms with Gasteiger partial charge >= 0.3 is 0 Å². The maximum atomic E-state index is 13.3. The van der Waals surface area contributed by atoms with E-state index in [4.69, 9.17) is 0 Å². The summed E-state index contributed by atoms with van der Waals surface area (Å²) in [6.07, 6.45) is 0.655. The molecule has 0 spiro atoms. The largest absolute Gasteiger partial charge is 0.310 e. The van der Waals surface area contributed by atoms with Crippen molar-refractivity contribution in [3.63, 3.8) is 0 Å². The monoisotopic (exact) mass is 295 g/mol. The van der Waals surface area contributed by atoms with Crippen molar-refractivity contribution in [3.05, 3.63) is 56.8 Å². The highest BCUT2D eigenvalue weighted by atomic mass is 32.1. The summed E-state index contributed by atoms with van der Waals surface area (Å²) in [5, 5.41) is 3.43. The summed E-state index contributed by atoms with van der Waals surface area (Å²) in [4.78, 5) is 2.54. The van der Waals surface area contributed by atoms with Crippen molar-refractivity contribution in [1.29, 1.82) is 0 Å². The van der Waals surface area contributed by atoms with Gasteiger partial charge in [0.05, 0.1) is 0 Å². The third-order valence-corrected chi connectivity index (χ3v) is 4.31. The number of halogens is 2. The summed E-state index contributed by atoms with van der Waals surface area (Å²) in [5.74, 6) is -1.58. The molecule has 1 aromatic heterocycles. The molecule has 0 aliphatic rings. The normalized spacial score (nSPS) is 12.7. The number of rotatable bonds is 5. The van der Waals surface area contributed by atoms with Gasteiger partial charge in [0, 0.05) is 15.8 Å². The van der Waals surface area contributed by atoms with Crippen molar-refractivity contribution < 1.29 is 8.78 Å². The van der Waals surface area contributed by atoms with E-state index in [-0.39, 0.29) is 6.04 Å². The molecule has 1 N–H and O–H groups in total. The van der Waals surface area contributed by atoms with E-state index < -0.39 is 11.6 Å². The summed E-state index contributed by atoms with van der Waals surface area (Å²) in [5.41, 5.74) is 2.05. The molecule has 2 rings (SSSR count). The second kappa shape index (κ2) is 6.46. The van der Waals surface area contributed by atoms with Gasteiger partial charge in [-0.3, -0.25) is 0 Å². The van der Waals surface area contributed by atoms with E-state index in [2.05, 4.69) is 25.2 Å². The third kappa shape index (κ3) is 3.44. The van der Waals surface area contributed by atoms with Crippen LogP contribution in [0.3, 0.4) is 0 Å². The first-order chi connectivity index (χ1) is 9.51. The Kier molecular flexibility index (Phi) is 4.89. The predicted octanol–water partition coefficient (Wildman–Crippen LogP) is 4.54. The van der Waals surface area contributed by atoms with Gasteiger partial charge in [0.2, 0.25) is 0 Å². The Bertz CT molecular complexity index is 592. The topological polar surface area (TPSA) is 12.0 Å². The number of thiophene rings is 1. The van der Waals surface area contributed by atoms with Crippen LogP contribution >= 0.6 is 11.3 Å². The molecular weight excluding hydrogens is 276 g/mol. The van der Waals surface area contributed by atoms with Gasteiger partial charge in [0.15, 0.2) is 11.6 Å². The lowest BCUT2D eigenvalue weighted by Gasteiger charge is -2.18. The molecule has 2 aromatic rings. The summed E-state index contributed by atoms with van der Waals surface area (Å²) in [6, 6.07) is 6.44. The fourth-order valence-electron chi connectivity index (χ4n) is 2.44. The average molecular weight is 295 g/mol. The van der Waals surface area contributed by atoms with E-state index in [1.54, 1.807) is 17.4 Å². The lowest BCUT2D eigenvalue weighted by Crippen LogP contribution is -2.23. The van der Waals surface area contributed by atoms with Gasteiger partial charge in [-0.05, 0) is 56.1 Å². The van der Waals surface area contributed by atoms with Crippen LogP contribution in [0.2, 0.25) is 0 Å². The Morgan fingerprint density at radius 3 is 2.45 bits per heavy atom. The van der Waals surface area contributed by atoms with Crippen LogP contribution in [0.4, 0.5) is 8.78 Å². The fourth-order valence-corrected chi connectivity index (χ4v) is 3.43. The van der Waals surface area contributed by atoms with Crippen molar-refractivity contribution in [2.24, 2.45) is 0 Å². The molecule has 1 atom stereocenters. The summed E-state index contributed by atoms with van der Waals surface area (Å²) in [6.45, 7) is 7.07. The van der Waals surface area contributed by atoms with Crippen LogP contribution in [0.25, 0.3) is 0 Å². The van der Waals surface area contributed by atoms with Crippen molar-refractivity contribution in [3.8, 4) is 0 Å². The Balaban J connectivity index is 2.25. The maximum absolute atomic E-state index is 13.3. The van der Waals surface area contributed by atoms with Crippen LogP contribution in [0.15, 0.2) is 24.3 Å². The number of likely N-dealkylation sites (N-methyl/N-ethyl adjacent to an activating group) is 1. The first-order valence-electron chi connectivity index (χ1n) is 6.75. The van der Waals surface area contributed by atoms with Crippen LogP contribution in [-0.2, 0) is 6.42 Å². The van der Waals surface area contributed by atoms with E-state index in [0.29, 0.717) is 6.42 Å². The zero-order valence-corrected chi connectivity index (χ0v) is 12.8. The average Bonchev–Trinajstić information content (AvgIpc) is 2.72. The summed E-state index contributed by atoms with van der Waals surface area (Å²) < 4.78 is 26.3. The molecule has 0 fully saturated rings. The Morgan fingerprint density at radius 1 is 1.15 bits per heavy atom. The maximum Gasteiger partial charge on any atom is 0.159 e. The molecule has 20 heavy (non-hydrogen) atoms. The molecule has 0 amide bonds. The first-order valence-corrected chi connectivity index (χ1v) is 7.57. The smallest absolute Gasteiger partial charge is 0.159 e. The predicted molar refractivity (Wildman–Crippen MR) is 80.3 cm³/mol. The highest BCUT2D eigenvalue weighted by Crippen LogP contribution is 2.28. The van der Waals surface area contributed by atoms with Crippen LogP contribution in [0, 0.1) is 25.5 Å². The van der Waals surface area contributed by atoms with Crippen molar-refractivity contribution in [2.75, 3.05) is 6.54 Å². The Morgan fingerprint density at radius 2 is 1.90 bits per heavy atom. The van der Waals surface area contributed by atoms with Gasteiger partial charge < -0.3 is 5.32 Å². The standard InChI is InChI=1S/C16H19F2NS/c1-4-19-16(13-7-10(2)20-11(13)3)9-12-5-6-14(17)15(18)8-12/h5-8,16,19H,4,9H2,1-3H3. The molecule has 0 radical (unpaired) electrons. The number of hydrogen-bond donors (Lipinski definition) is 1.